The molecule has 2 rings (SSSR count). The van der Waals surface area contributed by atoms with Crippen LogP contribution in [0.1, 0.15) is 27.0 Å². The van der Waals surface area contributed by atoms with Crippen molar-refractivity contribution in [3.05, 3.63) is 64.2 Å². The molecule has 0 bridgehead atoms. The van der Waals surface area contributed by atoms with E-state index in [1.165, 1.54) is 4.31 Å². The lowest BCUT2D eigenvalue weighted by molar-refractivity contribution is 0.0954. The molecule has 0 aliphatic rings. The predicted molar refractivity (Wildman–Crippen MR) is 102 cm³/mol. The summed E-state index contributed by atoms with van der Waals surface area (Å²) in [6, 6.07) is 6.61. The first kappa shape index (κ1) is 20.8. The lowest BCUT2D eigenvalue weighted by Crippen LogP contribution is -2.39. The molecule has 2 aromatic carbocycles. The van der Waals surface area contributed by atoms with Gasteiger partial charge in [0, 0.05) is 12.1 Å². The number of rotatable bonds is 6. The summed E-state index contributed by atoms with van der Waals surface area (Å²) >= 11 is 0. The number of benzene rings is 2. The van der Waals surface area contributed by atoms with Crippen molar-refractivity contribution in [3.63, 3.8) is 0 Å². The summed E-state index contributed by atoms with van der Waals surface area (Å²) in [5, 5.41) is 2.53. The molecule has 2 aromatic rings. The topological polar surface area (TPSA) is 66.5 Å². The zero-order valence-electron chi connectivity index (χ0n) is 15.6. The van der Waals surface area contributed by atoms with E-state index in [1.807, 2.05) is 32.9 Å². The molecule has 0 aliphatic carbocycles. The van der Waals surface area contributed by atoms with Gasteiger partial charge in [0.1, 0.15) is 0 Å². The van der Waals surface area contributed by atoms with Gasteiger partial charge >= 0.3 is 0 Å². The van der Waals surface area contributed by atoms with E-state index >= 15 is 0 Å². The van der Waals surface area contributed by atoms with Crippen molar-refractivity contribution < 1.29 is 22.0 Å². The van der Waals surface area contributed by atoms with Gasteiger partial charge in [-0.15, -0.1) is 0 Å². The quantitative estimate of drug-likeness (QED) is 0.816. The number of amides is 1. The van der Waals surface area contributed by atoms with Gasteiger partial charge in [0.2, 0.25) is 10.0 Å². The molecule has 5 nitrogen and oxygen atoms in total. The van der Waals surface area contributed by atoms with E-state index in [-0.39, 0.29) is 18.7 Å². The fourth-order valence-electron chi connectivity index (χ4n) is 3.02. The second-order valence-corrected chi connectivity index (χ2v) is 8.37. The van der Waals surface area contributed by atoms with E-state index in [4.69, 9.17) is 0 Å². The number of carbonyl (C=O) groups excluding carboxylic acids is 1. The smallest absolute Gasteiger partial charge is 0.251 e. The summed E-state index contributed by atoms with van der Waals surface area (Å²) in [7, 11) is -3.58. The standard InChI is InChI=1S/C19H22F2N2O3S/c1-12-9-13(2)18(14(3)10-12)23(27(4,25)26)8-7-22-19(24)15-5-6-16(20)17(21)11-15/h5-6,9-11H,7-8H2,1-4H3,(H,22,24). The molecule has 27 heavy (non-hydrogen) atoms. The van der Waals surface area contributed by atoms with Gasteiger partial charge in [0.15, 0.2) is 11.6 Å². The molecular formula is C19H22F2N2O3S. The van der Waals surface area contributed by atoms with Gasteiger partial charge < -0.3 is 5.32 Å². The Bertz CT molecular complexity index is 952. The highest BCUT2D eigenvalue weighted by Gasteiger charge is 2.21. The van der Waals surface area contributed by atoms with Crippen LogP contribution < -0.4 is 9.62 Å². The SMILES string of the molecule is Cc1cc(C)c(N(CCNC(=O)c2ccc(F)c(F)c2)S(C)(=O)=O)c(C)c1. The first-order valence-corrected chi connectivity index (χ1v) is 10.1. The Hall–Kier alpha value is -2.48. The average Bonchev–Trinajstić information content (AvgIpc) is 2.53. The Morgan fingerprint density at radius 1 is 1.04 bits per heavy atom. The average molecular weight is 396 g/mol. The minimum Gasteiger partial charge on any atom is -0.350 e. The van der Waals surface area contributed by atoms with Gasteiger partial charge in [0.25, 0.3) is 5.91 Å². The number of hydrogen-bond donors (Lipinski definition) is 1. The van der Waals surface area contributed by atoms with Gasteiger partial charge in [-0.05, 0) is 50.1 Å². The predicted octanol–water partition coefficient (Wildman–Crippen LogP) is 3.09. The lowest BCUT2D eigenvalue weighted by Gasteiger charge is -2.26. The van der Waals surface area contributed by atoms with Crippen molar-refractivity contribution in [2.24, 2.45) is 0 Å². The van der Waals surface area contributed by atoms with Crippen LogP contribution in [-0.2, 0) is 10.0 Å². The molecular weight excluding hydrogens is 374 g/mol. The molecule has 0 aliphatic heterocycles. The third-order valence-corrected chi connectivity index (χ3v) is 5.23. The van der Waals surface area contributed by atoms with Crippen molar-refractivity contribution in [1.29, 1.82) is 0 Å². The van der Waals surface area contributed by atoms with Crippen molar-refractivity contribution in [2.75, 3.05) is 23.7 Å². The molecule has 146 valence electrons. The summed E-state index contributed by atoms with van der Waals surface area (Å²) in [5.41, 5.74) is 3.18. The Morgan fingerprint density at radius 2 is 1.63 bits per heavy atom. The van der Waals surface area contributed by atoms with Crippen LogP contribution in [-0.4, -0.2) is 33.7 Å². The lowest BCUT2D eigenvalue weighted by atomic mass is 10.1. The van der Waals surface area contributed by atoms with Crippen molar-refractivity contribution in [3.8, 4) is 0 Å². The van der Waals surface area contributed by atoms with Crippen LogP contribution >= 0.6 is 0 Å². The zero-order chi connectivity index (χ0) is 20.4. The van der Waals surface area contributed by atoms with Gasteiger partial charge in [-0.2, -0.15) is 0 Å². The first-order chi connectivity index (χ1) is 12.5. The fourth-order valence-corrected chi connectivity index (χ4v) is 4.06. The van der Waals surface area contributed by atoms with Crippen LogP contribution in [0.2, 0.25) is 0 Å². The molecule has 0 atom stereocenters. The number of hydrogen-bond acceptors (Lipinski definition) is 3. The summed E-state index contributed by atoms with van der Waals surface area (Å²) in [6.07, 6.45) is 1.10. The summed E-state index contributed by atoms with van der Waals surface area (Å²) in [6.45, 7) is 5.61. The molecule has 0 radical (unpaired) electrons. The van der Waals surface area contributed by atoms with E-state index in [0.29, 0.717) is 5.69 Å². The van der Waals surface area contributed by atoms with Gasteiger partial charge in [0.05, 0.1) is 18.5 Å². The van der Waals surface area contributed by atoms with Gasteiger partial charge in [-0.25, -0.2) is 17.2 Å². The number of nitrogens with zero attached hydrogens (tertiary/aromatic N) is 1. The highest BCUT2D eigenvalue weighted by molar-refractivity contribution is 7.92. The van der Waals surface area contributed by atoms with Crippen LogP contribution in [0.5, 0.6) is 0 Å². The largest absolute Gasteiger partial charge is 0.350 e. The minimum atomic E-state index is -3.58. The number of anilines is 1. The van der Waals surface area contributed by atoms with Crippen molar-refractivity contribution in [2.45, 2.75) is 20.8 Å². The number of nitrogens with one attached hydrogen (secondary N) is 1. The fraction of sp³-hybridized carbons (Fsp3) is 0.316. The zero-order valence-corrected chi connectivity index (χ0v) is 16.5. The molecule has 0 saturated carbocycles. The highest BCUT2D eigenvalue weighted by Crippen LogP contribution is 2.28. The maximum atomic E-state index is 13.2. The van der Waals surface area contributed by atoms with Crippen molar-refractivity contribution >= 4 is 21.6 Å². The molecule has 1 N–H and O–H groups in total. The molecule has 0 heterocycles. The monoisotopic (exact) mass is 396 g/mol. The molecule has 1 amide bonds. The number of aryl methyl sites for hydroxylation is 3. The summed E-state index contributed by atoms with van der Waals surface area (Å²) in [4.78, 5) is 12.1. The maximum Gasteiger partial charge on any atom is 0.251 e. The Kier molecular flexibility index (Phi) is 6.20. The number of halogens is 2. The molecule has 0 saturated heterocycles. The molecule has 0 aromatic heterocycles. The Labute approximate surface area is 158 Å². The van der Waals surface area contributed by atoms with E-state index < -0.39 is 27.6 Å². The van der Waals surface area contributed by atoms with Crippen LogP contribution in [0.3, 0.4) is 0 Å². The van der Waals surface area contributed by atoms with Gasteiger partial charge in [-0.3, -0.25) is 9.10 Å². The highest BCUT2D eigenvalue weighted by atomic mass is 32.2. The van der Waals surface area contributed by atoms with Crippen LogP contribution in [0.4, 0.5) is 14.5 Å². The van der Waals surface area contributed by atoms with Crippen LogP contribution in [0.15, 0.2) is 30.3 Å². The number of sulfonamides is 1. The summed E-state index contributed by atoms with van der Waals surface area (Å²) < 4.78 is 52.0. The molecule has 0 unspecified atom stereocenters. The van der Waals surface area contributed by atoms with E-state index in [2.05, 4.69) is 5.32 Å². The van der Waals surface area contributed by atoms with Crippen LogP contribution in [0.25, 0.3) is 0 Å². The maximum absolute atomic E-state index is 13.2. The Balaban J connectivity index is 2.17. The van der Waals surface area contributed by atoms with Crippen molar-refractivity contribution in [1.82, 2.24) is 5.32 Å². The Morgan fingerprint density at radius 3 is 2.15 bits per heavy atom. The molecule has 8 heteroatoms. The number of carbonyl (C=O) groups is 1. The second-order valence-electron chi connectivity index (χ2n) is 6.47. The first-order valence-electron chi connectivity index (χ1n) is 8.29. The van der Waals surface area contributed by atoms with E-state index in [9.17, 15) is 22.0 Å². The second kappa shape index (κ2) is 8.04. The van der Waals surface area contributed by atoms with E-state index in [0.717, 1.165) is 41.1 Å². The normalized spacial score (nSPS) is 11.3. The van der Waals surface area contributed by atoms with E-state index in [1.54, 1.807) is 0 Å². The minimum absolute atomic E-state index is 0.0116. The van der Waals surface area contributed by atoms with Crippen LogP contribution in [0, 0.1) is 32.4 Å². The third-order valence-electron chi connectivity index (χ3n) is 4.07. The molecule has 0 spiro atoms. The molecule has 0 fully saturated rings. The third kappa shape index (κ3) is 5.03. The summed E-state index contributed by atoms with van der Waals surface area (Å²) in [5.74, 6) is -2.77. The van der Waals surface area contributed by atoms with Gasteiger partial charge in [-0.1, -0.05) is 17.7 Å².